The van der Waals surface area contributed by atoms with Crippen molar-refractivity contribution in [2.75, 3.05) is 6.54 Å². The standard InChI is InChI=1S/C15H22F2N2O/c1-4-10(5-2)12(18)8-19-15(20)13-11(16)7-6-9(3)14(13)17/h6-7,10,12H,4-5,8,18H2,1-3H3,(H,19,20). The summed E-state index contributed by atoms with van der Waals surface area (Å²) in [6.07, 6.45) is 1.81. The van der Waals surface area contributed by atoms with E-state index in [-0.39, 0.29) is 24.1 Å². The minimum absolute atomic E-state index is 0.206. The Morgan fingerprint density at radius 1 is 1.30 bits per heavy atom. The number of carbonyl (C=O) groups excluding carboxylic acids is 1. The molecule has 0 aliphatic carbocycles. The number of amides is 1. The molecule has 0 spiro atoms. The van der Waals surface area contributed by atoms with E-state index in [4.69, 9.17) is 5.73 Å². The molecule has 0 saturated heterocycles. The lowest BCUT2D eigenvalue weighted by Gasteiger charge is -2.21. The van der Waals surface area contributed by atoms with Crippen LogP contribution in [0.1, 0.15) is 42.6 Å². The number of hydrogen-bond acceptors (Lipinski definition) is 2. The first-order valence-electron chi connectivity index (χ1n) is 6.90. The Morgan fingerprint density at radius 3 is 2.45 bits per heavy atom. The van der Waals surface area contributed by atoms with Gasteiger partial charge in [-0.05, 0) is 24.5 Å². The Morgan fingerprint density at radius 2 is 1.90 bits per heavy atom. The molecule has 1 unspecified atom stereocenters. The number of carbonyl (C=O) groups is 1. The molecule has 0 aliphatic rings. The summed E-state index contributed by atoms with van der Waals surface area (Å²) in [5, 5.41) is 2.51. The highest BCUT2D eigenvalue weighted by Gasteiger charge is 2.21. The molecule has 3 N–H and O–H groups in total. The summed E-state index contributed by atoms with van der Waals surface area (Å²) in [5.74, 6) is -2.16. The molecule has 0 fully saturated rings. The third kappa shape index (κ3) is 3.76. The van der Waals surface area contributed by atoms with E-state index in [9.17, 15) is 13.6 Å². The summed E-state index contributed by atoms with van der Waals surface area (Å²) >= 11 is 0. The fraction of sp³-hybridized carbons (Fsp3) is 0.533. The highest BCUT2D eigenvalue weighted by molar-refractivity contribution is 5.95. The lowest BCUT2D eigenvalue weighted by molar-refractivity contribution is 0.0939. The van der Waals surface area contributed by atoms with Gasteiger partial charge < -0.3 is 11.1 Å². The van der Waals surface area contributed by atoms with Crippen LogP contribution in [-0.4, -0.2) is 18.5 Å². The van der Waals surface area contributed by atoms with Gasteiger partial charge in [-0.2, -0.15) is 0 Å². The smallest absolute Gasteiger partial charge is 0.257 e. The van der Waals surface area contributed by atoms with Gasteiger partial charge in [-0.15, -0.1) is 0 Å². The van der Waals surface area contributed by atoms with Crippen LogP contribution in [0.3, 0.4) is 0 Å². The van der Waals surface area contributed by atoms with Crippen molar-refractivity contribution in [3.05, 3.63) is 34.9 Å². The first-order valence-corrected chi connectivity index (χ1v) is 6.90. The van der Waals surface area contributed by atoms with Gasteiger partial charge in [0.1, 0.15) is 17.2 Å². The third-order valence-electron chi connectivity index (χ3n) is 3.66. The molecule has 1 atom stereocenters. The van der Waals surface area contributed by atoms with Gasteiger partial charge in [0.25, 0.3) is 5.91 Å². The molecule has 5 heteroatoms. The second-order valence-corrected chi connectivity index (χ2v) is 5.00. The van der Waals surface area contributed by atoms with Crippen molar-refractivity contribution in [3.8, 4) is 0 Å². The fourth-order valence-electron chi connectivity index (χ4n) is 2.22. The van der Waals surface area contributed by atoms with Gasteiger partial charge in [-0.25, -0.2) is 8.78 Å². The minimum Gasteiger partial charge on any atom is -0.350 e. The Labute approximate surface area is 118 Å². The van der Waals surface area contributed by atoms with Crippen molar-refractivity contribution in [2.24, 2.45) is 11.7 Å². The Bertz CT molecular complexity index is 473. The Hall–Kier alpha value is -1.49. The van der Waals surface area contributed by atoms with E-state index in [1.54, 1.807) is 0 Å². The van der Waals surface area contributed by atoms with Gasteiger partial charge in [-0.1, -0.05) is 32.8 Å². The van der Waals surface area contributed by atoms with Gasteiger partial charge >= 0.3 is 0 Å². The van der Waals surface area contributed by atoms with Crippen molar-refractivity contribution in [2.45, 2.75) is 39.7 Å². The Balaban J connectivity index is 2.76. The molecular weight excluding hydrogens is 262 g/mol. The summed E-state index contributed by atoms with van der Waals surface area (Å²) in [4.78, 5) is 11.9. The fourth-order valence-corrected chi connectivity index (χ4v) is 2.22. The maximum Gasteiger partial charge on any atom is 0.257 e. The van der Waals surface area contributed by atoms with Crippen LogP contribution >= 0.6 is 0 Å². The summed E-state index contributed by atoms with van der Waals surface area (Å²) in [6.45, 7) is 5.74. The highest BCUT2D eigenvalue weighted by atomic mass is 19.1. The van der Waals surface area contributed by atoms with Crippen LogP contribution in [0.4, 0.5) is 8.78 Å². The van der Waals surface area contributed by atoms with E-state index in [1.807, 2.05) is 13.8 Å². The summed E-state index contributed by atoms with van der Waals surface area (Å²) in [7, 11) is 0. The summed E-state index contributed by atoms with van der Waals surface area (Å²) in [6, 6.07) is 2.18. The average Bonchev–Trinajstić information content (AvgIpc) is 2.42. The molecule has 1 amide bonds. The zero-order valence-electron chi connectivity index (χ0n) is 12.2. The zero-order chi connectivity index (χ0) is 15.3. The van der Waals surface area contributed by atoms with Crippen molar-refractivity contribution >= 4 is 5.91 Å². The number of benzene rings is 1. The maximum absolute atomic E-state index is 13.8. The number of halogens is 2. The van der Waals surface area contributed by atoms with Crippen LogP contribution in [0.25, 0.3) is 0 Å². The van der Waals surface area contributed by atoms with Crippen LogP contribution in [-0.2, 0) is 0 Å². The van der Waals surface area contributed by atoms with Gasteiger partial charge in [0, 0.05) is 12.6 Å². The van der Waals surface area contributed by atoms with Crippen molar-refractivity contribution in [1.82, 2.24) is 5.32 Å². The van der Waals surface area contributed by atoms with Crippen LogP contribution in [0.5, 0.6) is 0 Å². The zero-order valence-corrected chi connectivity index (χ0v) is 12.2. The van der Waals surface area contributed by atoms with Crippen LogP contribution in [0.2, 0.25) is 0 Å². The first-order chi connectivity index (χ1) is 9.42. The lowest BCUT2D eigenvalue weighted by Crippen LogP contribution is -2.42. The summed E-state index contributed by atoms with van der Waals surface area (Å²) < 4.78 is 27.4. The molecule has 112 valence electrons. The SMILES string of the molecule is CCC(CC)C(N)CNC(=O)c1c(F)ccc(C)c1F. The number of hydrogen-bond donors (Lipinski definition) is 2. The monoisotopic (exact) mass is 284 g/mol. The summed E-state index contributed by atoms with van der Waals surface area (Å²) in [5.41, 5.74) is 5.67. The molecule has 0 heterocycles. The molecule has 20 heavy (non-hydrogen) atoms. The highest BCUT2D eigenvalue weighted by Crippen LogP contribution is 2.16. The number of nitrogens with one attached hydrogen (secondary N) is 1. The van der Waals surface area contributed by atoms with E-state index >= 15 is 0 Å². The molecule has 3 nitrogen and oxygen atoms in total. The van der Waals surface area contributed by atoms with E-state index < -0.39 is 23.1 Å². The molecule has 1 rings (SSSR count). The number of nitrogens with two attached hydrogens (primary N) is 1. The molecule has 0 aliphatic heterocycles. The van der Waals surface area contributed by atoms with E-state index in [0.29, 0.717) is 0 Å². The van der Waals surface area contributed by atoms with Crippen LogP contribution in [0.15, 0.2) is 12.1 Å². The molecule has 0 radical (unpaired) electrons. The predicted molar refractivity (Wildman–Crippen MR) is 75.5 cm³/mol. The van der Waals surface area contributed by atoms with Crippen LogP contribution in [0, 0.1) is 24.5 Å². The molecule has 0 saturated carbocycles. The normalized spacial score (nSPS) is 12.6. The van der Waals surface area contributed by atoms with Gasteiger partial charge in [0.05, 0.1) is 0 Å². The van der Waals surface area contributed by atoms with Crippen molar-refractivity contribution < 1.29 is 13.6 Å². The maximum atomic E-state index is 13.8. The minimum atomic E-state index is -0.860. The molecular formula is C15H22F2N2O. The lowest BCUT2D eigenvalue weighted by atomic mass is 9.95. The number of rotatable bonds is 6. The molecule has 0 aromatic heterocycles. The van der Waals surface area contributed by atoms with Gasteiger partial charge in [0.2, 0.25) is 0 Å². The molecule has 1 aromatic carbocycles. The van der Waals surface area contributed by atoms with Crippen molar-refractivity contribution in [1.29, 1.82) is 0 Å². The molecule has 1 aromatic rings. The van der Waals surface area contributed by atoms with E-state index in [0.717, 1.165) is 18.9 Å². The predicted octanol–water partition coefficient (Wildman–Crippen LogP) is 2.77. The topological polar surface area (TPSA) is 55.1 Å². The number of aryl methyl sites for hydroxylation is 1. The van der Waals surface area contributed by atoms with E-state index in [2.05, 4.69) is 5.32 Å². The van der Waals surface area contributed by atoms with Crippen molar-refractivity contribution in [3.63, 3.8) is 0 Å². The third-order valence-corrected chi connectivity index (χ3v) is 3.66. The second kappa shape index (κ2) is 7.33. The van der Waals surface area contributed by atoms with Gasteiger partial charge in [0.15, 0.2) is 0 Å². The Kier molecular flexibility index (Phi) is 6.07. The van der Waals surface area contributed by atoms with E-state index in [1.165, 1.54) is 13.0 Å². The second-order valence-electron chi connectivity index (χ2n) is 5.00. The largest absolute Gasteiger partial charge is 0.350 e. The van der Waals surface area contributed by atoms with Gasteiger partial charge in [-0.3, -0.25) is 4.79 Å². The molecule has 0 bridgehead atoms. The van der Waals surface area contributed by atoms with Crippen LogP contribution < -0.4 is 11.1 Å². The first kappa shape index (κ1) is 16.6. The quantitative estimate of drug-likeness (QED) is 0.844. The average molecular weight is 284 g/mol.